The summed E-state index contributed by atoms with van der Waals surface area (Å²) in [5.41, 5.74) is 0.236. The smallest absolute Gasteiger partial charge is 0.337 e. The lowest BCUT2D eigenvalue weighted by Crippen LogP contribution is -2.11. The minimum absolute atomic E-state index is 0.0832. The Morgan fingerprint density at radius 2 is 2.00 bits per heavy atom. The van der Waals surface area contributed by atoms with E-state index < -0.39 is 11.9 Å². The summed E-state index contributed by atoms with van der Waals surface area (Å²) in [4.78, 5) is 22.7. The Morgan fingerprint density at radius 3 is 2.58 bits per heavy atom. The molecule has 0 unspecified atom stereocenters. The highest BCUT2D eigenvalue weighted by Crippen LogP contribution is 2.21. The SMILES string of the molecule is O=C(Nc1ccc(Cl)c(C(=O)O)c1)c1ccc(Br)o1. The van der Waals surface area contributed by atoms with Crippen LogP contribution in [0.3, 0.4) is 0 Å². The zero-order valence-corrected chi connectivity index (χ0v) is 11.7. The molecule has 0 aliphatic carbocycles. The Hall–Kier alpha value is -1.79. The Labute approximate surface area is 121 Å². The molecular weight excluding hydrogens is 337 g/mol. The highest BCUT2D eigenvalue weighted by Gasteiger charge is 2.13. The van der Waals surface area contributed by atoms with Crippen molar-refractivity contribution in [1.82, 2.24) is 0 Å². The summed E-state index contributed by atoms with van der Waals surface area (Å²) in [6.45, 7) is 0. The Balaban J connectivity index is 2.22. The van der Waals surface area contributed by atoms with Crippen molar-refractivity contribution in [2.45, 2.75) is 0 Å². The molecule has 0 radical (unpaired) electrons. The lowest BCUT2D eigenvalue weighted by atomic mass is 10.2. The number of halogens is 2. The van der Waals surface area contributed by atoms with Crippen LogP contribution in [-0.4, -0.2) is 17.0 Å². The Bertz CT molecular complexity index is 653. The van der Waals surface area contributed by atoms with E-state index in [1.807, 2.05) is 0 Å². The molecule has 2 rings (SSSR count). The van der Waals surface area contributed by atoms with Gasteiger partial charge >= 0.3 is 5.97 Å². The van der Waals surface area contributed by atoms with Crippen molar-refractivity contribution in [1.29, 1.82) is 0 Å². The van der Waals surface area contributed by atoms with Gasteiger partial charge in [-0.05, 0) is 46.3 Å². The molecule has 0 fully saturated rings. The van der Waals surface area contributed by atoms with Crippen molar-refractivity contribution in [3.63, 3.8) is 0 Å². The van der Waals surface area contributed by atoms with E-state index in [1.54, 1.807) is 6.07 Å². The number of anilines is 1. The van der Waals surface area contributed by atoms with E-state index in [9.17, 15) is 9.59 Å². The van der Waals surface area contributed by atoms with Crippen LogP contribution in [0.2, 0.25) is 5.02 Å². The fourth-order valence-electron chi connectivity index (χ4n) is 1.40. The molecule has 7 heteroatoms. The van der Waals surface area contributed by atoms with E-state index in [2.05, 4.69) is 21.2 Å². The highest BCUT2D eigenvalue weighted by molar-refractivity contribution is 9.10. The van der Waals surface area contributed by atoms with Crippen LogP contribution in [0, 0.1) is 0 Å². The number of carbonyl (C=O) groups is 2. The third kappa shape index (κ3) is 3.15. The van der Waals surface area contributed by atoms with Crippen LogP contribution in [0.4, 0.5) is 5.69 Å². The van der Waals surface area contributed by atoms with E-state index in [0.717, 1.165) is 0 Å². The first-order chi connectivity index (χ1) is 8.97. The van der Waals surface area contributed by atoms with Crippen LogP contribution in [0.15, 0.2) is 39.4 Å². The van der Waals surface area contributed by atoms with Crippen molar-refractivity contribution in [2.75, 3.05) is 5.32 Å². The molecule has 98 valence electrons. The number of carboxylic acids is 1. The summed E-state index contributed by atoms with van der Waals surface area (Å²) in [5.74, 6) is -1.54. The van der Waals surface area contributed by atoms with Crippen LogP contribution in [0.5, 0.6) is 0 Å². The van der Waals surface area contributed by atoms with Gasteiger partial charge in [0.1, 0.15) is 0 Å². The zero-order chi connectivity index (χ0) is 14.0. The fourth-order valence-corrected chi connectivity index (χ4v) is 1.90. The maximum absolute atomic E-state index is 11.8. The molecule has 0 saturated carbocycles. The fraction of sp³-hybridized carbons (Fsp3) is 0. The van der Waals surface area contributed by atoms with Gasteiger partial charge in [-0.25, -0.2) is 4.79 Å². The van der Waals surface area contributed by atoms with E-state index in [0.29, 0.717) is 10.4 Å². The molecule has 1 heterocycles. The molecular formula is C12H7BrClNO4. The van der Waals surface area contributed by atoms with Crippen molar-refractivity contribution in [3.8, 4) is 0 Å². The van der Waals surface area contributed by atoms with Crippen LogP contribution < -0.4 is 5.32 Å². The second kappa shape index (κ2) is 5.46. The van der Waals surface area contributed by atoms with Gasteiger partial charge in [-0.15, -0.1) is 0 Å². The Kier molecular flexibility index (Phi) is 3.92. The average molecular weight is 345 g/mol. The number of carbonyl (C=O) groups excluding carboxylic acids is 1. The van der Waals surface area contributed by atoms with Gasteiger partial charge in [0.2, 0.25) is 0 Å². The number of carboxylic acid groups (broad SMARTS) is 1. The first kappa shape index (κ1) is 13.6. The molecule has 0 saturated heterocycles. The quantitative estimate of drug-likeness (QED) is 0.891. The molecule has 0 aliphatic rings. The molecule has 5 nitrogen and oxygen atoms in total. The molecule has 0 aliphatic heterocycles. The number of amides is 1. The van der Waals surface area contributed by atoms with Gasteiger partial charge in [-0.3, -0.25) is 4.79 Å². The first-order valence-electron chi connectivity index (χ1n) is 5.07. The molecule has 2 N–H and O–H groups in total. The molecule has 1 aromatic carbocycles. The van der Waals surface area contributed by atoms with Crippen molar-refractivity contribution < 1.29 is 19.1 Å². The normalized spacial score (nSPS) is 10.2. The molecule has 0 atom stereocenters. The number of furan rings is 1. The van der Waals surface area contributed by atoms with E-state index >= 15 is 0 Å². The number of hydrogen-bond acceptors (Lipinski definition) is 3. The second-order valence-electron chi connectivity index (χ2n) is 3.56. The third-order valence-electron chi connectivity index (χ3n) is 2.25. The molecule has 1 amide bonds. The highest BCUT2D eigenvalue weighted by atomic mass is 79.9. The van der Waals surface area contributed by atoms with Crippen molar-refractivity contribution >= 4 is 45.1 Å². The largest absolute Gasteiger partial charge is 0.478 e. The summed E-state index contributed by atoms with van der Waals surface area (Å²) in [5, 5.41) is 11.5. The standard InChI is InChI=1S/C12H7BrClNO4/c13-10-4-3-9(19-10)11(16)15-6-1-2-8(14)7(5-6)12(17)18/h1-5H,(H,15,16)(H,17,18). The van der Waals surface area contributed by atoms with Gasteiger partial charge in [0.05, 0.1) is 10.6 Å². The van der Waals surface area contributed by atoms with E-state index in [4.69, 9.17) is 21.1 Å². The molecule has 0 bridgehead atoms. The van der Waals surface area contributed by atoms with Crippen LogP contribution in [0.25, 0.3) is 0 Å². The van der Waals surface area contributed by atoms with Crippen LogP contribution >= 0.6 is 27.5 Å². The average Bonchev–Trinajstić information content (AvgIpc) is 2.78. The van der Waals surface area contributed by atoms with Gasteiger partial charge in [-0.1, -0.05) is 11.6 Å². The number of aromatic carboxylic acids is 1. The molecule has 2 aromatic rings. The number of rotatable bonds is 3. The lowest BCUT2D eigenvalue weighted by molar-refractivity contribution is 0.0696. The minimum Gasteiger partial charge on any atom is -0.478 e. The summed E-state index contributed by atoms with van der Waals surface area (Å²) in [7, 11) is 0. The summed E-state index contributed by atoms with van der Waals surface area (Å²) in [6.07, 6.45) is 0. The van der Waals surface area contributed by atoms with Gasteiger partial charge in [0, 0.05) is 5.69 Å². The summed E-state index contributed by atoms with van der Waals surface area (Å²) >= 11 is 8.81. The van der Waals surface area contributed by atoms with Gasteiger partial charge in [-0.2, -0.15) is 0 Å². The van der Waals surface area contributed by atoms with Gasteiger partial charge in [0.25, 0.3) is 5.91 Å². The monoisotopic (exact) mass is 343 g/mol. The summed E-state index contributed by atoms with van der Waals surface area (Å²) < 4.78 is 5.51. The maximum atomic E-state index is 11.8. The van der Waals surface area contributed by atoms with Crippen LogP contribution in [0.1, 0.15) is 20.9 Å². The number of nitrogens with one attached hydrogen (secondary N) is 1. The topological polar surface area (TPSA) is 79.5 Å². The lowest BCUT2D eigenvalue weighted by Gasteiger charge is -2.05. The van der Waals surface area contributed by atoms with Crippen molar-refractivity contribution in [2.24, 2.45) is 0 Å². The minimum atomic E-state index is -1.16. The predicted molar refractivity (Wildman–Crippen MR) is 72.8 cm³/mol. The van der Waals surface area contributed by atoms with E-state index in [1.165, 1.54) is 24.3 Å². The second-order valence-corrected chi connectivity index (χ2v) is 4.75. The third-order valence-corrected chi connectivity index (χ3v) is 3.01. The zero-order valence-electron chi connectivity index (χ0n) is 9.31. The van der Waals surface area contributed by atoms with Gasteiger partial charge < -0.3 is 14.8 Å². The van der Waals surface area contributed by atoms with E-state index in [-0.39, 0.29) is 16.3 Å². The number of hydrogen-bond donors (Lipinski definition) is 2. The van der Waals surface area contributed by atoms with Crippen molar-refractivity contribution in [3.05, 3.63) is 51.3 Å². The van der Waals surface area contributed by atoms with Crippen LogP contribution in [-0.2, 0) is 0 Å². The molecule has 0 spiro atoms. The summed E-state index contributed by atoms with van der Waals surface area (Å²) in [6, 6.07) is 7.26. The first-order valence-corrected chi connectivity index (χ1v) is 6.24. The number of benzene rings is 1. The molecule has 1 aromatic heterocycles. The predicted octanol–water partition coefficient (Wildman–Crippen LogP) is 3.65. The Morgan fingerprint density at radius 1 is 1.26 bits per heavy atom. The maximum Gasteiger partial charge on any atom is 0.337 e. The molecule has 19 heavy (non-hydrogen) atoms. The van der Waals surface area contributed by atoms with Gasteiger partial charge in [0.15, 0.2) is 10.4 Å².